The lowest BCUT2D eigenvalue weighted by Gasteiger charge is -2.36. The van der Waals surface area contributed by atoms with Gasteiger partial charge >= 0.3 is 0 Å². The SMILES string of the molecule is CNC1CCCN(C(=O)CCN2CCN(c3ccccn3)CC2)C1.Cl.Cl. The monoisotopic (exact) mass is 403 g/mol. The van der Waals surface area contributed by atoms with Crippen molar-refractivity contribution < 1.29 is 4.79 Å². The van der Waals surface area contributed by atoms with Crippen molar-refractivity contribution in [1.82, 2.24) is 20.1 Å². The van der Waals surface area contributed by atoms with E-state index in [1.807, 2.05) is 30.3 Å². The summed E-state index contributed by atoms with van der Waals surface area (Å²) in [4.78, 5) is 23.6. The number of hydrogen-bond donors (Lipinski definition) is 1. The van der Waals surface area contributed by atoms with Crippen molar-refractivity contribution in [2.75, 3.05) is 57.8 Å². The van der Waals surface area contributed by atoms with Crippen molar-refractivity contribution in [1.29, 1.82) is 0 Å². The first-order valence-corrected chi connectivity index (χ1v) is 9.09. The number of carbonyl (C=O) groups is 1. The summed E-state index contributed by atoms with van der Waals surface area (Å²) in [7, 11) is 1.99. The summed E-state index contributed by atoms with van der Waals surface area (Å²) >= 11 is 0. The Bertz CT molecular complexity index is 526. The number of nitrogens with one attached hydrogen (secondary N) is 1. The van der Waals surface area contributed by atoms with Crippen molar-refractivity contribution in [2.24, 2.45) is 0 Å². The van der Waals surface area contributed by atoms with Crippen LogP contribution in [-0.2, 0) is 4.79 Å². The van der Waals surface area contributed by atoms with Gasteiger partial charge < -0.3 is 15.1 Å². The molecule has 0 radical (unpaired) electrons. The molecule has 1 aromatic rings. The summed E-state index contributed by atoms with van der Waals surface area (Å²) in [6, 6.07) is 6.51. The average Bonchev–Trinajstić information content (AvgIpc) is 2.67. The van der Waals surface area contributed by atoms with Crippen LogP contribution >= 0.6 is 24.8 Å². The van der Waals surface area contributed by atoms with E-state index in [0.29, 0.717) is 18.4 Å². The third-order valence-corrected chi connectivity index (χ3v) is 5.17. The number of carbonyl (C=O) groups excluding carboxylic acids is 1. The Kier molecular flexibility index (Phi) is 10.2. The van der Waals surface area contributed by atoms with E-state index in [1.165, 1.54) is 6.42 Å². The van der Waals surface area contributed by atoms with Crippen molar-refractivity contribution >= 4 is 36.5 Å². The fourth-order valence-corrected chi connectivity index (χ4v) is 3.59. The van der Waals surface area contributed by atoms with Gasteiger partial charge in [-0.15, -0.1) is 24.8 Å². The molecule has 1 aromatic heterocycles. The number of likely N-dealkylation sites (N-methyl/N-ethyl adjacent to an activating group) is 1. The number of halogens is 2. The molecule has 1 atom stereocenters. The molecule has 0 aliphatic carbocycles. The van der Waals surface area contributed by atoms with E-state index >= 15 is 0 Å². The maximum absolute atomic E-state index is 12.4. The number of hydrogen-bond acceptors (Lipinski definition) is 5. The van der Waals surface area contributed by atoms with Gasteiger partial charge in [0.15, 0.2) is 0 Å². The number of rotatable bonds is 5. The molecule has 1 amide bonds. The van der Waals surface area contributed by atoms with Crippen LogP contribution in [0.2, 0.25) is 0 Å². The Hall–Kier alpha value is -1.08. The van der Waals surface area contributed by atoms with Gasteiger partial charge in [0.2, 0.25) is 5.91 Å². The van der Waals surface area contributed by atoms with Crippen LogP contribution in [0.4, 0.5) is 5.82 Å². The first-order valence-electron chi connectivity index (χ1n) is 9.09. The van der Waals surface area contributed by atoms with Gasteiger partial charge in [-0.1, -0.05) is 6.07 Å². The molecule has 1 N–H and O–H groups in total. The van der Waals surface area contributed by atoms with Crippen LogP contribution in [-0.4, -0.2) is 79.6 Å². The molecule has 3 heterocycles. The molecule has 2 fully saturated rings. The minimum atomic E-state index is 0. The number of pyridine rings is 1. The molecule has 1 unspecified atom stereocenters. The summed E-state index contributed by atoms with van der Waals surface area (Å²) in [5, 5.41) is 3.30. The molecule has 0 aromatic carbocycles. The second-order valence-corrected chi connectivity index (χ2v) is 6.73. The van der Waals surface area contributed by atoms with E-state index in [9.17, 15) is 4.79 Å². The van der Waals surface area contributed by atoms with E-state index in [0.717, 1.165) is 58.1 Å². The van der Waals surface area contributed by atoms with Gasteiger partial charge in [0.1, 0.15) is 5.82 Å². The van der Waals surface area contributed by atoms with Crippen molar-refractivity contribution in [3.8, 4) is 0 Å². The molecular weight excluding hydrogens is 373 g/mol. The largest absolute Gasteiger partial charge is 0.354 e. The highest BCUT2D eigenvalue weighted by atomic mass is 35.5. The van der Waals surface area contributed by atoms with Gasteiger partial charge in [-0.2, -0.15) is 0 Å². The number of piperidine rings is 1. The topological polar surface area (TPSA) is 51.7 Å². The number of nitrogens with zero attached hydrogens (tertiary/aromatic N) is 4. The first-order chi connectivity index (χ1) is 11.8. The lowest BCUT2D eigenvalue weighted by Crippen LogP contribution is -2.49. The molecule has 8 heteroatoms. The lowest BCUT2D eigenvalue weighted by molar-refractivity contribution is -0.132. The van der Waals surface area contributed by atoms with Crippen molar-refractivity contribution in [3.63, 3.8) is 0 Å². The maximum Gasteiger partial charge on any atom is 0.223 e. The van der Waals surface area contributed by atoms with Crippen LogP contribution in [0.25, 0.3) is 0 Å². The summed E-state index contributed by atoms with van der Waals surface area (Å²) in [6.45, 7) is 6.63. The van der Waals surface area contributed by atoms with Crippen LogP contribution in [0.15, 0.2) is 24.4 Å². The predicted octanol–water partition coefficient (Wildman–Crippen LogP) is 1.65. The highest BCUT2D eigenvalue weighted by Crippen LogP contribution is 2.14. The second-order valence-electron chi connectivity index (χ2n) is 6.73. The molecule has 2 aliphatic heterocycles. The van der Waals surface area contributed by atoms with Crippen LogP contribution in [0.5, 0.6) is 0 Å². The minimum absolute atomic E-state index is 0. The zero-order valence-electron chi connectivity index (χ0n) is 15.5. The molecule has 0 saturated carbocycles. The maximum atomic E-state index is 12.4. The predicted molar refractivity (Wildman–Crippen MR) is 111 cm³/mol. The van der Waals surface area contributed by atoms with Crippen molar-refractivity contribution in [2.45, 2.75) is 25.3 Å². The molecule has 3 rings (SSSR count). The molecule has 0 bridgehead atoms. The number of likely N-dealkylation sites (tertiary alicyclic amines) is 1. The lowest BCUT2D eigenvalue weighted by atomic mass is 10.1. The Labute approximate surface area is 169 Å². The van der Waals surface area contributed by atoms with Crippen LogP contribution < -0.4 is 10.2 Å². The quantitative estimate of drug-likeness (QED) is 0.809. The van der Waals surface area contributed by atoms with E-state index in [4.69, 9.17) is 0 Å². The van der Waals surface area contributed by atoms with E-state index in [-0.39, 0.29) is 24.8 Å². The number of piperazine rings is 1. The summed E-state index contributed by atoms with van der Waals surface area (Å²) in [5.74, 6) is 1.36. The molecule has 6 nitrogen and oxygen atoms in total. The van der Waals surface area contributed by atoms with E-state index < -0.39 is 0 Å². The smallest absolute Gasteiger partial charge is 0.223 e. The van der Waals surface area contributed by atoms with E-state index in [1.54, 1.807) is 0 Å². The van der Waals surface area contributed by atoms with Gasteiger partial charge in [-0.05, 0) is 32.0 Å². The van der Waals surface area contributed by atoms with Crippen molar-refractivity contribution in [3.05, 3.63) is 24.4 Å². The summed E-state index contributed by atoms with van der Waals surface area (Å²) in [5.41, 5.74) is 0. The minimum Gasteiger partial charge on any atom is -0.354 e. The van der Waals surface area contributed by atoms with Gasteiger partial charge in [0.25, 0.3) is 0 Å². The summed E-state index contributed by atoms with van der Waals surface area (Å²) in [6.07, 6.45) is 4.77. The van der Waals surface area contributed by atoms with Gasteiger partial charge in [-0.25, -0.2) is 4.98 Å². The molecule has 2 aliphatic rings. The average molecular weight is 404 g/mol. The highest BCUT2D eigenvalue weighted by molar-refractivity contribution is 5.85. The van der Waals surface area contributed by atoms with Gasteiger partial charge in [-0.3, -0.25) is 9.69 Å². The third kappa shape index (κ3) is 6.27. The van der Waals surface area contributed by atoms with Crippen LogP contribution in [0.1, 0.15) is 19.3 Å². The zero-order chi connectivity index (χ0) is 16.8. The Morgan fingerprint density at radius 3 is 2.62 bits per heavy atom. The normalized spacial score (nSPS) is 20.9. The molecule has 2 saturated heterocycles. The molecule has 0 spiro atoms. The zero-order valence-corrected chi connectivity index (χ0v) is 17.1. The number of aromatic nitrogens is 1. The Balaban J connectivity index is 0.00000169. The number of anilines is 1. The van der Waals surface area contributed by atoms with Gasteiger partial charge in [0.05, 0.1) is 0 Å². The Morgan fingerprint density at radius 2 is 1.96 bits per heavy atom. The standard InChI is InChI=1S/C18H29N5O.2ClH/c1-19-16-5-4-9-23(15-16)18(24)7-10-21-11-13-22(14-12-21)17-6-2-3-8-20-17;;/h2-3,6,8,16,19H,4-5,7,9-15H2,1H3;2*1H. The number of amides is 1. The molecule has 26 heavy (non-hydrogen) atoms. The fourth-order valence-electron chi connectivity index (χ4n) is 3.59. The second kappa shape index (κ2) is 11.6. The highest BCUT2D eigenvalue weighted by Gasteiger charge is 2.23. The van der Waals surface area contributed by atoms with Gasteiger partial charge in [0, 0.05) is 64.5 Å². The van der Waals surface area contributed by atoms with Crippen LogP contribution in [0, 0.1) is 0 Å². The molecule has 148 valence electrons. The third-order valence-electron chi connectivity index (χ3n) is 5.17. The summed E-state index contributed by atoms with van der Waals surface area (Å²) < 4.78 is 0. The van der Waals surface area contributed by atoms with Crippen LogP contribution in [0.3, 0.4) is 0 Å². The first kappa shape index (κ1) is 23.0. The molecular formula is C18H31Cl2N5O. The Morgan fingerprint density at radius 1 is 1.19 bits per heavy atom. The fraction of sp³-hybridized carbons (Fsp3) is 0.667. The van der Waals surface area contributed by atoms with E-state index in [2.05, 4.69) is 26.2 Å².